The van der Waals surface area contributed by atoms with E-state index >= 15 is 0 Å². The van der Waals surface area contributed by atoms with Gasteiger partial charge in [-0.25, -0.2) is 0 Å². The molecule has 4 rings (SSSR count). The van der Waals surface area contributed by atoms with Gasteiger partial charge in [-0.1, -0.05) is 6.92 Å². The van der Waals surface area contributed by atoms with Crippen molar-refractivity contribution in [2.45, 2.75) is 38.6 Å². The molecule has 1 aromatic rings. The Morgan fingerprint density at radius 3 is 2.26 bits per heavy atom. The van der Waals surface area contributed by atoms with E-state index in [4.69, 9.17) is 0 Å². The molecular weight excluding hydrogens is 286 g/mol. The number of hydrogen-bond acceptors (Lipinski definition) is 3. The van der Waals surface area contributed by atoms with Crippen LogP contribution >= 0.6 is 0 Å². The zero-order chi connectivity index (χ0) is 15.8. The molecule has 3 fully saturated rings. The monoisotopic (exact) mass is 313 g/mol. The average molecular weight is 313 g/mol. The number of hydrogen-bond donors (Lipinski definition) is 1. The van der Waals surface area contributed by atoms with Crippen LogP contribution in [0.4, 0.5) is 11.4 Å². The van der Waals surface area contributed by atoms with Gasteiger partial charge in [0, 0.05) is 49.5 Å². The van der Waals surface area contributed by atoms with E-state index in [1.807, 2.05) is 19.1 Å². The lowest BCUT2D eigenvalue weighted by atomic mass is 10.1. The van der Waals surface area contributed by atoms with Gasteiger partial charge >= 0.3 is 0 Å². The van der Waals surface area contributed by atoms with E-state index in [1.54, 1.807) is 0 Å². The molecule has 2 aliphatic carbocycles. The third-order valence-corrected chi connectivity index (χ3v) is 5.62. The quantitative estimate of drug-likeness (QED) is 0.908. The van der Waals surface area contributed by atoms with Crippen molar-refractivity contribution in [3.8, 4) is 0 Å². The average Bonchev–Trinajstić information content (AvgIpc) is 3.48. The van der Waals surface area contributed by atoms with Crippen LogP contribution in [0.5, 0.6) is 0 Å². The number of benzene rings is 1. The van der Waals surface area contributed by atoms with Gasteiger partial charge in [-0.3, -0.25) is 9.69 Å². The van der Waals surface area contributed by atoms with Gasteiger partial charge in [-0.2, -0.15) is 0 Å². The number of nitrogens with one attached hydrogen (secondary N) is 1. The molecule has 2 saturated carbocycles. The first-order valence-corrected chi connectivity index (χ1v) is 9.10. The number of anilines is 2. The molecule has 1 amide bonds. The van der Waals surface area contributed by atoms with Crippen molar-refractivity contribution < 1.29 is 4.79 Å². The van der Waals surface area contributed by atoms with Crippen LogP contribution in [-0.2, 0) is 4.79 Å². The predicted molar refractivity (Wildman–Crippen MR) is 93.8 cm³/mol. The van der Waals surface area contributed by atoms with Crippen molar-refractivity contribution in [2.75, 3.05) is 36.4 Å². The van der Waals surface area contributed by atoms with Crippen molar-refractivity contribution in [1.29, 1.82) is 0 Å². The molecule has 3 aliphatic rings. The molecule has 124 valence electrons. The number of piperazine rings is 1. The molecule has 1 unspecified atom stereocenters. The van der Waals surface area contributed by atoms with Gasteiger partial charge in [0.15, 0.2) is 0 Å². The van der Waals surface area contributed by atoms with Crippen molar-refractivity contribution in [1.82, 2.24) is 4.90 Å². The Bertz CT molecular complexity index is 554. The maximum absolute atomic E-state index is 12.2. The Labute approximate surface area is 138 Å². The second kappa shape index (κ2) is 6.16. The second-order valence-corrected chi connectivity index (χ2v) is 7.42. The molecule has 4 nitrogen and oxygen atoms in total. The third kappa shape index (κ3) is 3.52. The fraction of sp³-hybridized carbons (Fsp3) is 0.632. The lowest BCUT2D eigenvalue weighted by molar-refractivity contribution is -0.119. The minimum Gasteiger partial charge on any atom is -0.369 e. The van der Waals surface area contributed by atoms with E-state index in [1.165, 1.54) is 44.5 Å². The number of nitrogens with zero attached hydrogens (tertiary/aromatic N) is 2. The topological polar surface area (TPSA) is 35.6 Å². The molecule has 1 atom stereocenters. The van der Waals surface area contributed by atoms with Gasteiger partial charge in [0.25, 0.3) is 0 Å². The van der Waals surface area contributed by atoms with E-state index in [2.05, 4.69) is 27.2 Å². The number of carbonyl (C=O) groups excluding carboxylic acids is 1. The molecule has 1 aromatic carbocycles. The van der Waals surface area contributed by atoms with E-state index < -0.39 is 0 Å². The number of carbonyl (C=O) groups is 1. The van der Waals surface area contributed by atoms with Gasteiger partial charge < -0.3 is 10.2 Å². The van der Waals surface area contributed by atoms with Crippen molar-refractivity contribution >= 4 is 17.3 Å². The Balaban J connectivity index is 1.31. The molecule has 1 saturated heterocycles. The summed E-state index contributed by atoms with van der Waals surface area (Å²) in [7, 11) is 0. The van der Waals surface area contributed by atoms with Crippen LogP contribution in [0.2, 0.25) is 0 Å². The lowest BCUT2D eigenvalue weighted by Gasteiger charge is -2.36. The summed E-state index contributed by atoms with van der Waals surface area (Å²) in [5.74, 6) is 0.917. The van der Waals surface area contributed by atoms with E-state index in [0.717, 1.165) is 24.8 Å². The molecule has 1 N–H and O–H groups in total. The minimum atomic E-state index is 0.144. The summed E-state index contributed by atoms with van der Waals surface area (Å²) >= 11 is 0. The molecule has 4 heteroatoms. The zero-order valence-electron chi connectivity index (χ0n) is 14.0. The predicted octanol–water partition coefficient (Wildman–Crippen LogP) is 2.96. The second-order valence-electron chi connectivity index (χ2n) is 7.42. The maximum Gasteiger partial charge on any atom is 0.227 e. The largest absolute Gasteiger partial charge is 0.369 e. The molecule has 1 aliphatic heterocycles. The Morgan fingerprint density at radius 1 is 1.04 bits per heavy atom. The fourth-order valence-corrected chi connectivity index (χ4v) is 3.61. The van der Waals surface area contributed by atoms with Gasteiger partial charge in [0.05, 0.1) is 0 Å². The molecule has 1 heterocycles. The van der Waals surface area contributed by atoms with Gasteiger partial charge in [-0.05, 0) is 55.9 Å². The van der Waals surface area contributed by atoms with E-state index in [-0.39, 0.29) is 11.8 Å². The summed E-state index contributed by atoms with van der Waals surface area (Å²) in [6, 6.07) is 9.25. The summed E-state index contributed by atoms with van der Waals surface area (Å²) in [6.07, 6.45) is 5.21. The van der Waals surface area contributed by atoms with Crippen molar-refractivity contribution in [2.24, 2.45) is 11.8 Å². The van der Waals surface area contributed by atoms with Crippen molar-refractivity contribution in [3.63, 3.8) is 0 Å². The lowest BCUT2D eigenvalue weighted by Crippen LogP contribution is -2.47. The first-order chi connectivity index (χ1) is 11.2. The van der Waals surface area contributed by atoms with Gasteiger partial charge in [0.1, 0.15) is 0 Å². The highest BCUT2D eigenvalue weighted by Crippen LogP contribution is 2.37. The van der Waals surface area contributed by atoms with Crippen LogP contribution in [0.15, 0.2) is 24.3 Å². The minimum absolute atomic E-state index is 0.144. The summed E-state index contributed by atoms with van der Waals surface area (Å²) in [5.41, 5.74) is 2.19. The Morgan fingerprint density at radius 2 is 1.70 bits per heavy atom. The van der Waals surface area contributed by atoms with Crippen LogP contribution in [0, 0.1) is 11.8 Å². The zero-order valence-corrected chi connectivity index (χ0v) is 14.0. The molecule has 0 bridgehead atoms. The number of rotatable bonds is 5. The maximum atomic E-state index is 12.2. The smallest absolute Gasteiger partial charge is 0.227 e. The highest BCUT2D eigenvalue weighted by molar-refractivity contribution is 5.92. The molecule has 0 aromatic heterocycles. The fourth-order valence-electron chi connectivity index (χ4n) is 3.61. The molecular formula is C19H27N3O. The summed E-state index contributed by atoms with van der Waals surface area (Å²) in [4.78, 5) is 17.2. The molecule has 0 spiro atoms. The number of amides is 1. The van der Waals surface area contributed by atoms with Gasteiger partial charge in [0.2, 0.25) is 5.91 Å². The van der Waals surface area contributed by atoms with Crippen LogP contribution in [-0.4, -0.2) is 43.0 Å². The highest BCUT2D eigenvalue weighted by atomic mass is 16.1. The van der Waals surface area contributed by atoms with Crippen molar-refractivity contribution in [3.05, 3.63) is 24.3 Å². The van der Waals surface area contributed by atoms with Gasteiger partial charge in [-0.15, -0.1) is 0 Å². The molecule has 23 heavy (non-hydrogen) atoms. The first kappa shape index (κ1) is 15.0. The SMILES string of the molecule is CC(C(=O)Nc1ccc(N2CCN(C3CC3)CC2)cc1)C1CC1. The van der Waals surface area contributed by atoms with Crippen LogP contribution in [0.3, 0.4) is 0 Å². The Hall–Kier alpha value is -1.55. The van der Waals surface area contributed by atoms with Crippen LogP contribution in [0.1, 0.15) is 32.6 Å². The molecule has 0 radical (unpaired) electrons. The normalized spacial score (nSPS) is 23.6. The Kier molecular flexibility index (Phi) is 4.02. The summed E-state index contributed by atoms with van der Waals surface area (Å²) in [6.45, 7) is 6.63. The van der Waals surface area contributed by atoms with Crippen LogP contribution < -0.4 is 10.2 Å². The van der Waals surface area contributed by atoms with Crippen LogP contribution in [0.25, 0.3) is 0 Å². The standard InChI is InChI=1S/C19H27N3O/c1-14(15-2-3-15)19(23)20-16-4-6-17(7-5-16)21-10-12-22(13-11-21)18-8-9-18/h4-7,14-15,18H,2-3,8-13H2,1H3,(H,20,23). The summed E-state index contributed by atoms with van der Waals surface area (Å²) in [5, 5.41) is 3.06. The highest BCUT2D eigenvalue weighted by Gasteiger charge is 2.33. The third-order valence-electron chi connectivity index (χ3n) is 5.62. The van der Waals surface area contributed by atoms with E-state index in [0.29, 0.717) is 5.92 Å². The van der Waals surface area contributed by atoms with E-state index in [9.17, 15) is 4.79 Å². The first-order valence-electron chi connectivity index (χ1n) is 9.10. The summed E-state index contributed by atoms with van der Waals surface area (Å²) < 4.78 is 0.